The number of hydrogen-bond donors (Lipinski definition) is 1. The van der Waals surface area contributed by atoms with Gasteiger partial charge in [0, 0.05) is 18.8 Å². The molecule has 1 aromatic carbocycles. The standard InChI is InChI=1S/C11H13NO3/c1-15-11(14)8-3-2-4-9(5-8)12-6-10(13)7-12/h2-5,10,13H,6-7H2,1H3. The largest absolute Gasteiger partial charge is 0.465 e. The molecule has 0 saturated carbocycles. The van der Waals surface area contributed by atoms with Crippen LogP contribution in [0.4, 0.5) is 5.69 Å². The minimum absolute atomic E-state index is 0.244. The van der Waals surface area contributed by atoms with Gasteiger partial charge in [-0.3, -0.25) is 0 Å². The van der Waals surface area contributed by atoms with E-state index in [1.165, 1.54) is 7.11 Å². The molecule has 0 atom stereocenters. The molecule has 1 fully saturated rings. The van der Waals surface area contributed by atoms with E-state index in [9.17, 15) is 9.90 Å². The van der Waals surface area contributed by atoms with E-state index in [1.807, 2.05) is 17.0 Å². The average molecular weight is 207 g/mol. The summed E-state index contributed by atoms with van der Waals surface area (Å²) in [6.07, 6.45) is -0.244. The van der Waals surface area contributed by atoms with Gasteiger partial charge < -0.3 is 14.7 Å². The van der Waals surface area contributed by atoms with Crippen LogP contribution in [0, 0.1) is 0 Å². The Morgan fingerprint density at radius 3 is 2.87 bits per heavy atom. The van der Waals surface area contributed by atoms with Crippen molar-refractivity contribution in [2.75, 3.05) is 25.1 Å². The van der Waals surface area contributed by atoms with Gasteiger partial charge >= 0.3 is 5.97 Å². The van der Waals surface area contributed by atoms with Crippen LogP contribution in [-0.2, 0) is 4.74 Å². The first-order chi connectivity index (χ1) is 7.20. The number of β-amino-alcohol motifs (C(OH)–C–C–N with tert-alkyl or cyclic N) is 1. The minimum atomic E-state index is -0.335. The maximum absolute atomic E-state index is 11.3. The summed E-state index contributed by atoms with van der Waals surface area (Å²) in [6, 6.07) is 7.22. The summed E-state index contributed by atoms with van der Waals surface area (Å²) in [5.74, 6) is -0.335. The van der Waals surface area contributed by atoms with Crippen LogP contribution in [0.5, 0.6) is 0 Å². The third kappa shape index (κ3) is 1.94. The average Bonchev–Trinajstić information content (AvgIpc) is 2.24. The van der Waals surface area contributed by atoms with Crippen molar-refractivity contribution < 1.29 is 14.6 Å². The van der Waals surface area contributed by atoms with Crippen LogP contribution in [0.1, 0.15) is 10.4 Å². The number of hydrogen-bond acceptors (Lipinski definition) is 4. The van der Waals surface area contributed by atoms with E-state index in [2.05, 4.69) is 4.74 Å². The van der Waals surface area contributed by atoms with E-state index in [0.29, 0.717) is 18.7 Å². The lowest BCUT2D eigenvalue weighted by molar-refractivity contribution is 0.0601. The molecule has 1 aliphatic rings. The van der Waals surface area contributed by atoms with Crippen molar-refractivity contribution in [3.05, 3.63) is 29.8 Å². The fraction of sp³-hybridized carbons (Fsp3) is 0.364. The molecule has 80 valence electrons. The SMILES string of the molecule is COC(=O)c1cccc(N2CC(O)C2)c1. The molecule has 0 aliphatic carbocycles. The lowest BCUT2D eigenvalue weighted by Crippen LogP contribution is -2.50. The molecule has 0 bridgehead atoms. The lowest BCUT2D eigenvalue weighted by Gasteiger charge is -2.37. The molecule has 1 aromatic rings. The molecular weight excluding hydrogens is 194 g/mol. The highest BCUT2D eigenvalue weighted by Crippen LogP contribution is 2.21. The zero-order valence-electron chi connectivity index (χ0n) is 8.51. The van der Waals surface area contributed by atoms with E-state index >= 15 is 0 Å². The molecule has 1 saturated heterocycles. The Morgan fingerprint density at radius 1 is 1.53 bits per heavy atom. The summed E-state index contributed by atoms with van der Waals surface area (Å²) in [6.45, 7) is 1.26. The number of carbonyl (C=O) groups is 1. The second kappa shape index (κ2) is 3.90. The molecule has 15 heavy (non-hydrogen) atoms. The quantitative estimate of drug-likeness (QED) is 0.723. The monoisotopic (exact) mass is 207 g/mol. The van der Waals surface area contributed by atoms with Gasteiger partial charge in [0.25, 0.3) is 0 Å². The first-order valence-electron chi connectivity index (χ1n) is 4.82. The van der Waals surface area contributed by atoms with Crippen molar-refractivity contribution in [2.45, 2.75) is 6.10 Å². The number of benzene rings is 1. The van der Waals surface area contributed by atoms with Gasteiger partial charge in [-0.05, 0) is 18.2 Å². The smallest absolute Gasteiger partial charge is 0.337 e. The lowest BCUT2D eigenvalue weighted by atomic mass is 10.1. The summed E-state index contributed by atoms with van der Waals surface area (Å²) < 4.78 is 4.64. The van der Waals surface area contributed by atoms with Gasteiger partial charge in [-0.15, -0.1) is 0 Å². The van der Waals surface area contributed by atoms with Crippen LogP contribution in [0.25, 0.3) is 0 Å². The third-order valence-corrected chi connectivity index (χ3v) is 2.49. The van der Waals surface area contributed by atoms with Crippen molar-refractivity contribution in [3.8, 4) is 0 Å². The first-order valence-corrected chi connectivity index (χ1v) is 4.82. The topological polar surface area (TPSA) is 49.8 Å². The van der Waals surface area contributed by atoms with Crippen LogP contribution in [0.3, 0.4) is 0 Å². The Morgan fingerprint density at radius 2 is 2.27 bits per heavy atom. The van der Waals surface area contributed by atoms with Crippen LogP contribution in [0.2, 0.25) is 0 Å². The summed E-state index contributed by atoms with van der Waals surface area (Å²) in [4.78, 5) is 13.3. The molecule has 2 rings (SSSR count). The fourth-order valence-corrected chi connectivity index (χ4v) is 1.61. The molecule has 0 aromatic heterocycles. The molecule has 1 aliphatic heterocycles. The summed E-state index contributed by atoms with van der Waals surface area (Å²) >= 11 is 0. The molecule has 1 heterocycles. The van der Waals surface area contributed by atoms with E-state index < -0.39 is 0 Å². The van der Waals surface area contributed by atoms with Gasteiger partial charge in [0.1, 0.15) is 0 Å². The Bertz CT molecular complexity index is 372. The van der Waals surface area contributed by atoms with Crippen LogP contribution < -0.4 is 4.90 Å². The van der Waals surface area contributed by atoms with Gasteiger partial charge in [0.2, 0.25) is 0 Å². The number of carbonyl (C=O) groups excluding carboxylic acids is 1. The van der Waals surface area contributed by atoms with Gasteiger partial charge in [0.05, 0.1) is 18.8 Å². The highest BCUT2D eigenvalue weighted by molar-refractivity contribution is 5.90. The number of aliphatic hydroxyl groups is 1. The molecule has 1 N–H and O–H groups in total. The summed E-state index contributed by atoms with van der Waals surface area (Å²) in [5.41, 5.74) is 1.49. The maximum atomic E-state index is 11.3. The van der Waals surface area contributed by atoms with E-state index in [0.717, 1.165) is 5.69 Å². The van der Waals surface area contributed by atoms with E-state index in [-0.39, 0.29) is 12.1 Å². The zero-order chi connectivity index (χ0) is 10.8. The van der Waals surface area contributed by atoms with E-state index in [1.54, 1.807) is 12.1 Å². The number of esters is 1. The molecule has 4 nitrogen and oxygen atoms in total. The van der Waals surface area contributed by atoms with Crippen molar-refractivity contribution in [3.63, 3.8) is 0 Å². The summed E-state index contributed by atoms with van der Waals surface area (Å²) in [5, 5.41) is 9.17. The normalized spacial score (nSPS) is 16.0. The number of nitrogens with zero attached hydrogens (tertiary/aromatic N) is 1. The van der Waals surface area contributed by atoms with Crippen molar-refractivity contribution >= 4 is 11.7 Å². The van der Waals surface area contributed by atoms with Gasteiger partial charge in [-0.1, -0.05) is 6.07 Å². The van der Waals surface area contributed by atoms with Crippen molar-refractivity contribution in [2.24, 2.45) is 0 Å². The Hall–Kier alpha value is -1.55. The predicted molar refractivity (Wildman–Crippen MR) is 56.0 cm³/mol. The third-order valence-electron chi connectivity index (χ3n) is 2.49. The Labute approximate surface area is 88.1 Å². The van der Waals surface area contributed by atoms with Gasteiger partial charge in [-0.2, -0.15) is 0 Å². The van der Waals surface area contributed by atoms with Gasteiger partial charge in [-0.25, -0.2) is 4.79 Å². The number of methoxy groups -OCH3 is 1. The number of ether oxygens (including phenoxy) is 1. The second-order valence-corrected chi connectivity index (χ2v) is 3.60. The first kappa shape index (κ1) is 9.98. The Kier molecular flexibility index (Phi) is 2.60. The predicted octanol–water partition coefficient (Wildman–Crippen LogP) is 0.654. The van der Waals surface area contributed by atoms with E-state index in [4.69, 9.17) is 0 Å². The van der Waals surface area contributed by atoms with Crippen molar-refractivity contribution in [1.82, 2.24) is 0 Å². The molecule has 0 unspecified atom stereocenters. The number of aliphatic hydroxyl groups excluding tert-OH is 1. The summed E-state index contributed by atoms with van der Waals surface area (Å²) in [7, 11) is 1.36. The van der Waals surface area contributed by atoms with Crippen LogP contribution in [-0.4, -0.2) is 37.4 Å². The highest BCUT2D eigenvalue weighted by Gasteiger charge is 2.24. The molecule has 4 heteroatoms. The van der Waals surface area contributed by atoms with Crippen LogP contribution >= 0.6 is 0 Å². The van der Waals surface area contributed by atoms with Gasteiger partial charge in [0.15, 0.2) is 0 Å². The second-order valence-electron chi connectivity index (χ2n) is 3.60. The highest BCUT2D eigenvalue weighted by atomic mass is 16.5. The number of anilines is 1. The zero-order valence-corrected chi connectivity index (χ0v) is 8.51. The van der Waals surface area contributed by atoms with Crippen LogP contribution in [0.15, 0.2) is 24.3 Å². The molecule has 0 radical (unpaired) electrons. The Balaban J connectivity index is 2.16. The number of rotatable bonds is 2. The molecule has 0 amide bonds. The molecule has 0 spiro atoms. The van der Waals surface area contributed by atoms with Crippen molar-refractivity contribution in [1.29, 1.82) is 0 Å². The molecular formula is C11H13NO3. The fourth-order valence-electron chi connectivity index (χ4n) is 1.61. The maximum Gasteiger partial charge on any atom is 0.337 e. The minimum Gasteiger partial charge on any atom is -0.465 e.